The summed E-state index contributed by atoms with van der Waals surface area (Å²) in [7, 11) is 0. The van der Waals surface area contributed by atoms with Crippen LogP contribution < -0.4 is 0 Å². The molecular weight excluding hydrogens is 328 g/mol. The first-order valence-electron chi connectivity index (χ1n) is 6.70. The Morgan fingerprint density at radius 3 is 2.06 bits per heavy atom. The quantitative estimate of drug-likeness (QED) is 0.459. The van der Waals surface area contributed by atoms with Crippen molar-refractivity contribution in [2.75, 3.05) is 0 Å². The highest BCUT2D eigenvalue weighted by atomic mass is 79.9. The van der Waals surface area contributed by atoms with Gasteiger partial charge in [-0.1, -0.05) is 50.4 Å². The minimum absolute atomic E-state index is 0.772. The van der Waals surface area contributed by atoms with Gasteiger partial charge in [0.1, 0.15) is 0 Å². The van der Waals surface area contributed by atoms with Crippen molar-refractivity contribution in [1.82, 2.24) is 0 Å². The van der Waals surface area contributed by atoms with Crippen LogP contribution in [-0.4, -0.2) is 9.65 Å². The molecule has 92 valence electrons. The van der Waals surface area contributed by atoms with Crippen LogP contribution in [0.25, 0.3) is 0 Å². The van der Waals surface area contributed by atoms with E-state index in [1.54, 1.807) is 0 Å². The van der Waals surface area contributed by atoms with Crippen LogP contribution in [0.2, 0.25) is 0 Å². The van der Waals surface area contributed by atoms with Crippen LogP contribution in [0.15, 0.2) is 12.2 Å². The summed E-state index contributed by atoms with van der Waals surface area (Å²) in [6, 6.07) is 0. The van der Waals surface area contributed by atoms with Crippen LogP contribution in [-0.2, 0) is 0 Å². The minimum atomic E-state index is 0.772. The molecule has 2 heteroatoms. The Bertz CT molecular complexity index is 229. The molecule has 0 aromatic carbocycles. The van der Waals surface area contributed by atoms with Gasteiger partial charge in [-0.3, -0.25) is 0 Å². The lowest BCUT2D eigenvalue weighted by molar-refractivity contribution is 0.413. The molecule has 2 aliphatic rings. The molecule has 0 saturated heterocycles. The molecule has 0 nitrogen and oxygen atoms in total. The van der Waals surface area contributed by atoms with E-state index in [2.05, 4.69) is 44.0 Å². The molecule has 2 aliphatic carbocycles. The molecular formula is C14H22Br2. The molecule has 0 N–H and O–H groups in total. The lowest BCUT2D eigenvalue weighted by atomic mass is 9.85. The number of hydrogen-bond donors (Lipinski definition) is 0. The fraction of sp³-hybridized carbons (Fsp3) is 0.857. The average molecular weight is 350 g/mol. The average Bonchev–Trinajstić information content (AvgIpc) is 2.28. The number of hydrogen-bond acceptors (Lipinski definition) is 0. The number of alkyl halides is 2. The van der Waals surface area contributed by atoms with E-state index in [1.165, 1.54) is 51.4 Å². The van der Waals surface area contributed by atoms with Gasteiger partial charge in [0.05, 0.1) is 0 Å². The van der Waals surface area contributed by atoms with Crippen LogP contribution in [0.1, 0.15) is 51.4 Å². The van der Waals surface area contributed by atoms with Crippen LogP contribution in [0.5, 0.6) is 0 Å². The number of rotatable bonds is 2. The van der Waals surface area contributed by atoms with E-state index in [9.17, 15) is 0 Å². The number of halogens is 2. The zero-order valence-corrected chi connectivity index (χ0v) is 13.0. The van der Waals surface area contributed by atoms with Gasteiger partial charge in [0, 0.05) is 9.65 Å². The van der Waals surface area contributed by atoms with Crippen molar-refractivity contribution in [2.24, 2.45) is 11.8 Å². The largest absolute Gasteiger partial charge is 0.0891 e. The molecule has 2 unspecified atom stereocenters. The Morgan fingerprint density at radius 1 is 0.688 bits per heavy atom. The molecule has 0 aromatic heterocycles. The van der Waals surface area contributed by atoms with E-state index >= 15 is 0 Å². The van der Waals surface area contributed by atoms with Gasteiger partial charge in [0.2, 0.25) is 0 Å². The van der Waals surface area contributed by atoms with Crippen molar-refractivity contribution < 1.29 is 0 Å². The third-order valence-corrected chi connectivity index (χ3v) is 5.75. The topological polar surface area (TPSA) is 0 Å². The maximum Gasteiger partial charge on any atom is 0.0151 e. The van der Waals surface area contributed by atoms with Gasteiger partial charge < -0.3 is 0 Å². The summed E-state index contributed by atoms with van der Waals surface area (Å²) in [5, 5.41) is 0. The van der Waals surface area contributed by atoms with Crippen LogP contribution >= 0.6 is 31.9 Å². The number of allylic oxidation sites excluding steroid dienone is 2. The maximum absolute atomic E-state index is 3.76. The SMILES string of the molecule is BrC1CCC(/C=C/C2CCCC(Br)C2)CC1. The molecule has 2 saturated carbocycles. The van der Waals surface area contributed by atoms with Gasteiger partial charge >= 0.3 is 0 Å². The Kier molecular flexibility index (Phi) is 5.41. The summed E-state index contributed by atoms with van der Waals surface area (Å²) >= 11 is 7.48. The van der Waals surface area contributed by atoms with Gasteiger partial charge in [0.15, 0.2) is 0 Å². The Labute approximate surface area is 117 Å². The Hall–Kier alpha value is 0.700. The zero-order valence-electron chi connectivity index (χ0n) is 9.88. The van der Waals surface area contributed by atoms with E-state index < -0.39 is 0 Å². The summed E-state index contributed by atoms with van der Waals surface area (Å²) in [6.07, 6.45) is 16.1. The first-order chi connectivity index (χ1) is 7.74. The molecule has 2 rings (SSSR count). The normalized spacial score (nSPS) is 41.4. The first kappa shape index (κ1) is 13.1. The maximum atomic E-state index is 3.76. The predicted molar refractivity (Wildman–Crippen MR) is 78.5 cm³/mol. The molecule has 0 bridgehead atoms. The van der Waals surface area contributed by atoms with Crippen molar-refractivity contribution in [2.45, 2.75) is 61.0 Å². The van der Waals surface area contributed by atoms with E-state index in [0.29, 0.717) is 0 Å². The molecule has 0 amide bonds. The van der Waals surface area contributed by atoms with Gasteiger partial charge in [-0.2, -0.15) is 0 Å². The van der Waals surface area contributed by atoms with Crippen LogP contribution in [0.4, 0.5) is 0 Å². The van der Waals surface area contributed by atoms with E-state index in [0.717, 1.165) is 21.5 Å². The van der Waals surface area contributed by atoms with Crippen molar-refractivity contribution in [3.63, 3.8) is 0 Å². The highest BCUT2D eigenvalue weighted by Gasteiger charge is 2.20. The van der Waals surface area contributed by atoms with Crippen molar-refractivity contribution in [3.8, 4) is 0 Å². The van der Waals surface area contributed by atoms with Gasteiger partial charge in [-0.25, -0.2) is 0 Å². The summed E-state index contributed by atoms with van der Waals surface area (Å²) in [6.45, 7) is 0. The lowest BCUT2D eigenvalue weighted by Crippen LogP contribution is -2.15. The van der Waals surface area contributed by atoms with Crippen molar-refractivity contribution >= 4 is 31.9 Å². The summed E-state index contributed by atoms with van der Waals surface area (Å²) in [5.74, 6) is 1.71. The lowest BCUT2D eigenvalue weighted by Gasteiger charge is -2.25. The fourth-order valence-electron chi connectivity index (χ4n) is 2.93. The molecule has 2 atom stereocenters. The summed E-state index contributed by atoms with van der Waals surface area (Å²) < 4.78 is 0. The Morgan fingerprint density at radius 2 is 1.38 bits per heavy atom. The van der Waals surface area contributed by atoms with Crippen LogP contribution in [0, 0.1) is 11.8 Å². The third-order valence-electron chi connectivity index (χ3n) is 4.01. The summed E-state index contributed by atoms with van der Waals surface area (Å²) in [4.78, 5) is 1.56. The second-order valence-electron chi connectivity index (χ2n) is 5.42. The molecule has 16 heavy (non-hydrogen) atoms. The van der Waals surface area contributed by atoms with Gasteiger partial charge in [-0.15, -0.1) is 0 Å². The van der Waals surface area contributed by atoms with Gasteiger partial charge in [0.25, 0.3) is 0 Å². The van der Waals surface area contributed by atoms with E-state index in [1.807, 2.05) is 0 Å². The molecule has 0 radical (unpaired) electrons. The monoisotopic (exact) mass is 348 g/mol. The van der Waals surface area contributed by atoms with Gasteiger partial charge in [-0.05, 0) is 56.8 Å². The minimum Gasteiger partial charge on any atom is -0.0891 e. The predicted octanol–water partition coefficient (Wildman–Crippen LogP) is 5.45. The smallest absolute Gasteiger partial charge is 0.0151 e. The molecule has 0 heterocycles. The standard InChI is InChI=1S/C14H22Br2/c15-13-8-6-11(7-9-13)4-5-12-2-1-3-14(16)10-12/h4-5,11-14H,1-3,6-10H2/b5-4+. The first-order valence-corrected chi connectivity index (χ1v) is 8.53. The van der Waals surface area contributed by atoms with Crippen LogP contribution in [0.3, 0.4) is 0 Å². The van der Waals surface area contributed by atoms with Crippen molar-refractivity contribution in [1.29, 1.82) is 0 Å². The molecule has 2 fully saturated rings. The molecule has 0 aromatic rings. The van der Waals surface area contributed by atoms with E-state index in [4.69, 9.17) is 0 Å². The fourth-order valence-corrected chi connectivity index (χ4v) is 4.26. The molecule has 0 aliphatic heterocycles. The highest BCUT2D eigenvalue weighted by Crippen LogP contribution is 2.32. The van der Waals surface area contributed by atoms with E-state index in [-0.39, 0.29) is 0 Å². The van der Waals surface area contributed by atoms with Crippen molar-refractivity contribution in [3.05, 3.63) is 12.2 Å². The third kappa shape index (κ3) is 4.18. The molecule has 0 spiro atoms. The second-order valence-corrected chi connectivity index (χ2v) is 8.01. The Balaban J connectivity index is 1.75. The second kappa shape index (κ2) is 6.58. The zero-order chi connectivity index (χ0) is 11.4. The highest BCUT2D eigenvalue weighted by molar-refractivity contribution is 9.09. The summed E-state index contributed by atoms with van der Waals surface area (Å²) in [5.41, 5.74) is 0.